The molecule has 0 saturated heterocycles. The van der Waals surface area contributed by atoms with E-state index in [1.807, 2.05) is 6.92 Å². The number of aromatic nitrogens is 2. The van der Waals surface area contributed by atoms with Gasteiger partial charge in [0.15, 0.2) is 5.82 Å². The highest BCUT2D eigenvalue weighted by atomic mass is 16.5. The molecular weight excluding hydrogens is 244 g/mol. The normalized spacial score (nSPS) is 10.1. The predicted octanol–water partition coefficient (Wildman–Crippen LogP) is 2.48. The van der Waals surface area contributed by atoms with Crippen LogP contribution in [0.15, 0.2) is 24.5 Å². The highest BCUT2D eigenvalue weighted by Gasteiger charge is 2.17. The Labute approximate surface area is 112 Å². The average Bonchev–Trinajstić information content (AvgIpc) is 2.46. The average molecular weight is 260 g/mol. The Morgan fingerprint density at radius 1 is 0.842 bits per heavy atom. The summed E-state index contributed by atoms with van der Waals surface area (Å²) < 4.78 is 16.0. The van der Waals surface area contributed by atoms with Crippen molar-refractivity contribution in [1.82, 2.24) is 9.97 Å². The van der Waals surface area contributed by atoms with Crippen LogP contribution in [0.3, 0.4) is 0 Å². The van der Waals surface area contributed by atoms with Crippen LogP contribution in [-0.2, 0) is 0 Å². The number of hydrogen-bond acceptors (Lipinski definition) is 5. The Hall–Kier alpha value is -2.30. The van der Waals surface area contributed by atoms with E-state index >= 15 is 0 Å². The van der Waals surface area contributed by atoms with Crippen molar-refractivity contribution in [2.24, 2.45) is 0 Å². The summed E-state index contributed by atoms with van der Waals surface area (Å²) in [6.45, 7) is 1.94. The zero-order valence-electron chi connectivity index (χ0n) is 11.4. The van der Waals surface area contributed by atoms with Crippen molar-refractivity contribution >= 4 is 0 Å². The molecule has 0 atom stereocenters. The molecule has 0 aliphatic heterocycles. The molecule has 0 spiro atoms. The van der Waals surface area contributed by atoms with Crippen molar-refractivity contribution in [3.63, 3.8) is 0 Å². The molecule has 0 saturated carbocycles. The third kappa shape index (κ3) is 2.59. The van der Waals surface area contributed by atoms with E-state index in [2.05, 4.69) is 9.97 Å². The van der Waals surface area contributed by atoms with Gasteiger partial charge in [0, 0.05) is 24.5 Å². The molecular formula is C14H16N2O3. The molecule has 100 valence electrons. The quantitative estimate of drug-likeness (QED) is 0.845. The Morgan fingerprint density at radius 2 is 1.37 bits per heavy atom. The Balaban J connectivity index is 2.63. The van der Waals surface area contributed by atoms with Gasteiger partial charge in [0.25, 0.3) is 0 Å². The molecule has 2 aromatic rings. The van der Waals surface area contributed by atoms with Gasteiger partial charge in [-0.1, -0.05) is 0 Å². The van der Waals surface area contributed by atoms with Gasteiger partial charge in [0.1, 0.15) is 22.8 Å². The van der Waals surface area contributed by atoms with Gasteiger partial charge in [-0.05, 0) is 12.5 Å². The van der Waals surface area contributed by atoms with Gasteiger partial charge in [-0.15, -0.1) is 0 Å². The van der Waals surface area contributed by atoms with Gasteiger partial charge in [-0.3, -0.25) is 0 Å². The fraction of sp³-hybridized carbons (Fsp3) is 0.286. The van der Waals surface area contributed by atoms with Gasteiger partial charge in [0.2, 0.25) is 0 Å². The minimum atomic E-state index is 0.557. The summed E-state index contributed by atoms with van der Waals surface area (Å²) in [5.41, 5.74) is 1.71. The zero-order chi connectivity index (χ0) is 13.8. The van der Waals surface area contributed by atoms with Crippen molar-refractivity contribution in [3.05, 3.63) is 30.1 Å². The Morgan fingerprint density at radius 3 is 1.79 bits per heavy atom. The van der Waals surface area contributed by atoms with E-state index in [1.165, 1.54) is 0 Å². The number of nitrogens with zero attached hydrogens (tertiary/aromatic N) is 2. The van der Waals surface area contributed by atoms with Crippen molar-refractivity contribution < 1.29 is 14.2 Å². The molecule has 5 nitrogen and oxygen atoms in total. The molecule has 1 aromatic heterocycles. The van der Waals surface area contributed by atoms with Crippen molar-refractivity contribution in [1.29, 1.82) is 0 Å². The Kier molecular flexibility index (Phi) is 3.85. The van der Waals surface area contributed by atoms with Crippen molar-refractivity contribution in [2.45, 2.75) is 6.92 Å². The number of aryl methyl sites for hydroxylation is 1. The molecule has 0 N–H and O–H groups in total. The van der Waals surface area contributed by atoms with E-state index in [1.54, 1.807) is 45.9 Å². The molecule has 0 unspecified atom stereocenters. The van der Waals surface area contributed by atoms with Crippen LogP contribution in [0, 0.1) is 6.92 Å². The fourth-order valence-corrected chi connectivity index (χ4v) is 1.75. The largest absolute Gasteiger partial charge is 0.496 e. The minimum Gasteiger partial charge on any atom is -0.496 e. The molecule has 0 bridgehead atoms. The minimum absolute atomic E-state index is 0.557. The predicted molar refractivity (Wildman–Crippen MR) is 71.9 cm³/mol. The molecule has 5 heteroatoms. The highest BCUT2D eigenvalue weighted by Crippen LogP contribution is 2.39. The second-order valence-electron chi connectivity index (χ2n) is 3.99. The van der Waals surface area contributed by atoms with E-state index in [0.29, 0.717) is 28.6 Å². The van der Waals surface area contributed by atoms with E-state index in [9.17, 15) is 0 Å². The van der Waals surface area contributed by atoms with Crippen LogP contribution in [-0.4, -0.2) is 31.3 Å². The molecule has 2 rings (SSSR count). The number of ether oxygens (including phenoxy) is 3. The maximum absolute atomic E-state index is 5.37. The number of rotatable bonds is 4. The standard InChI is InChI=1S/C14H16N2O3/c1-9-7-15-14(16-8-9)13-11(18-3)5-10(17-2)6-12(13)19-4/h5-8H,1-4H3. The first-order valence-corrected chi connectivity index (χ1v) is 5.78. The summed E-state index contributed by atoms with van der Waals surface area (Å²) in [6.07, 6.45) is 3.51. The summed E-state index contributed by atoms with van der Waals surface area (Å²) in [6, 6.07) is 3.56. The monoisotopic (exact) mass is 260 g/mol. The molecule has 0 amide bonds. The lowest BCUT2D eigenvalue weighted by Crippen LogP contribution is -1.98. The zero-order valence-corrected chi connectivity index (χ0v) is 11.4. The molecule has 0 radical (unpaired) electrons. The third-order valence-corrected chi connectivity index (χ3v) is 2.72. The first kappa shape index (κ1) is 13.1. The van der Waals surface area contributed by atoms with Gasteiger partial charge in [0.05, 0.1) is 21.3 Å². The van der Waals surface area contributed by atoms with Gasteiger partial charge >= 0.3 is 0 Å². The Bertz CT molecular complexity index is 542. The molecule has 19 heavy (non-hydrogen) atoms. The number of methoxy groups -OCH3 is 3. The van der Waals surface area contributed by atoms with E-state index < -0.39 is 0 Å². The fourth-order valence-electron chi connectivity index (χ4n) is 1.75. The topological polar surface area (TPSA) is 53.5 Å². The van der Waals surface area contributed by atoms with Gasteiger partial charge < -0.3 is 14.2 Å². The van der Waals surface area contributed by atoms with Crippen LogP contribution in [0.25, 0.3) is 11.4 Å². The maximum Gasteiger partial charge on any atom is 0.166 e. The van der Waals surface area contributed by atoms with E-state index in [0.717, 1.165) is 5.56 Å². The summed E-state index contributed by atoms with van der Waals surface area (Å²) >= 11 is 0. The van der Waals surface area contributed by atoms with Crippen LogP contribution in [0.1, 0.15) is 5.56 Å². The highest BCUT2D eigenvalue weighted by molar-refractivity contribution is 5.73. The number of hydrogen-bond donors (Lipinski definition) is 0. The first-order valence-electron chi connectivity index (χ1n) is 5.78. The van der Waals surface area contributed by atoms with Crippen LogP contribution < -0.4 is 14.2 Å². The summed E-state index contributed by atoms with van der Waals surface area (Å²) in [7, 11) is 4.77. The lowest BCUT2D eigenvalue weighted by atomic mass is 10.1. The lowest BCUT2D eigenvalue weighted by molar-refractivity contribution is 0.377. The second kappa shape index (κ2) is 5.56. The first-order chi connectivity index (χ1) is 9.19. The van der Waals surface area contributed by atoms with Crippen LogP contribution in [0.4, 0.5) is 0 Å². The van der Waals surface area contributed by atoms with Gasteiger partial charge in [-0.25, -0.2) is 9.97 Å². The molecule has 0 fully saturated rings. The van der Waals surface area contributed by atoms with Crippen LogP contribution >= 0.6 is 0 Å². The summed E-state index contributed by atoms with van der Waals surface area (Å²) in [5.74, 6) is 2.44. The molecule has 1 heterocycles. The van der Waals surface area contributed by atoms with Crippen LogP contribution in [0.5, 0.6) is 17.2 Å². The SMILES string of the molecule is COc1cc(OC)c(-c2ncc(C)cn2)c(OC)c1. The smallest absolute Gasteiger partial charge is 0.166 e. The maximum atomic E-state index is 5.37. The van der Waals surface area contributed by atoms with E-state index in [4.69, 9.17) is 14.2 Å². The van der Waals surface area contributed by atoms with Crippen LogP contribution in [0.2, 0.25) is 0 Å². The molecule has 1 aromatic carbocycles. The summed E-state index contributed by atoms with van der Waals surface area (Å²) in [4.78, 5) is 8.62. The number of benzene rings is 1. The third-order valence-electron chi connectivity index (χ3n) is 2.72. The summed E-state index contributed by atoms with van der Waals surface area (Å²) in [5, 5.41) is 0. The lowest BCUT2D eigenvalue weighted by Gasteiger charge is -2.14. The molecule has 0 aliphatic carbocycles. The second-order valence-corrected chi connectivity index (χ2v) is 3.99. The van der Waals surface area contributed by atoms with Crippen molar-refractivity contribution in [3.8, 4) is 28.6 Å². The van der Waals surface area contributed by atoms with Gasteiger partial charge in [-0.2, -0.15) is 0 Å². The van der Waals surface area contributed by atoms with Crippen molar-refractivity contribution in [2.75, 3.05) is 21.3 Å². The van der Waals surface area contributed by atoms with E-state index in [-0.39, 0.29) is 0 Å². The molecule has 0 aliphatic rings.